The first kappa shape index (κ1) is 11.4. The van der Waals surface area contributed by atoms with Gasteiger partial charge in [-0.15, -0.1) is 0 Å². The number of aliphatic hydroxyl groups is 1. The van der Waals surface area contributed by atoms with E-state index in [1.54, 1.807) is 0 Å². The minimum absolute atomic E-state index is 0.0569. The molecule has 1 atom stereocenters. The molecule has 2 heteroatoms. The van der Waals surface area contributed by atoms with E-state index in [9.17, 15) is 5.11 Å². The Kier molecular flexibility index (Phi) is 4.04. The molecule has 2 saturated carbocycles. The van der Waals surface area contributed by atoms with Gasteiger partial charge in [-0.05, 0) is 44.7 Å². The molecule has 0 aromatic rings. The second-order valence-corrected chi connectivity index (χ2v) is 5.61. The van der Waals surface area contributed by atoms with Gasteiger partial charge < -0.3 is 10.0 Å². The van der Waals surface area contributed by atoms with Crippen LogP contribution in [0.15, 0.2) is 0 Å². The SMILES string of the molecule is CN(CCC1CCCC1)CC(O)C1CC1. The summed E-state index contributed by atoms with van der Waals surface area (Å²) in [6, 6.07) is 0. The average molecular weight is 211 g/mol. The van der Waals surface area contributed by atoms with Gasteiger partial charge in [0.15, 0.2) is 0 Å². The molecule has 0 radical (unpaired) electrons. The van der Waals surface area contributed by atoms with Gasteiger partial charge in [0, 0.05) is 6.54 Å². The van der Waals surface area contributed by atoms with Crippen LogP contribution in [0.3, 0.4) is 0 Å². The van der Waals surface area contributed by atoms with Gasteiger partial charge in [0.25, 0.3) is 0 Å². The van der Waals surface area contributed by atoms with Gasteiger partial charge in [0.05, 0.1) is 6.10 Å². The molecule has 0 aliphatic heterocycles. The lowest BCUT2D eigenvalue weighted by Gasteiger charge is -2.21. The molecule has 0 amide bonds. The Morgan fingerprint density at radius 2 is 1.87 bits per heavy atom. The van der Waals surface area contributed by atoms with Crippen molar-refractivity contribution in [1.29, 1.82) is 0 Å². The number of hydrogen-bond acceptors (Lipinski definition) is 2. The maximum Gasteiger partial charge on any atom is 0.0695 e. The molecule has 1 unspecified atom stereocenters. The second kappa shape index (κ2) is 5.31. The zero-order valence-electron chi connectivity index (χ0n) is 9.99. The quantitative estimate of drug-likeness (QED) is 0.728. The zero-order chi connectivity index (χ0) is 10.7. The van der Waals surface area contributed by atoms with Gasteiger partial charge in [-0.1, -0.05) is 25.7 Å². The number of rotatable bonds is 6. The summed E-state index contributed by atoms with van der Waals surface area (Å²) < 4.78 is 0. The predicted molar refractivity (Wildman–Crippen MR) is 62.8 cm³/mol. The first-order chi connectivity index (χ1) is 7.25. The molecule has 2 aliphatic carbocycles. The molecule has 2 fully saturated rings. The average Bonchev–Trinajstić information content (AvgIpc) is 2.93. The lowest BCUT2D eigenvalue weighted by Crippen LogP contribution is -2.31. The van der Waals surface area contributed by atoms with Crippen LogP contribution in [0.1, 0.15) is 44.9 Å². The van der Waals surface area contributed by atoms with Crippen LogP contribution in [0, 0.1) is 11.8 Å². The summed E-state index contributed by atoms with van der Waals surface area (Å²) in [4.78, 5) is 2.32. The largest absolute Gasteiger partial charge is 0.392 e. The van der Waals surface area contributed by atoms with E-state index in [1.807, 2.05) is 0 Å². The first-order valence-electron chi connectivity index (χ1n) is 6.62. The van der Waals surface area contributed by atoms with E-state index in [2.05, 4.69) is 11.9 Å². The molecule has 0 aromatic heterocycles. The van der Waals surface area contributed by atoms with Crippen LogP contribution in [0.5, 0.6) is 0 Å². The monoisotopic (exact) mass is 211 g/mol. The van der Waals surface area contributed by atoms with Crippen molar-refractivity contribution in [2.24, 2.45) is 11.8 Å². The summed E-state index contributed by atoms with van der Waals surface area (Å²) in [7, 11) is 2.15. The van der Waals surface area contributed by atoms with Crippen molar-refractivity contribution in [3.63, 3.8) is 0 Å². The molecule has 88 valence electrons. The molecular weight excluding hydrogens is 186 g/mol. The molecule has 15 heavy (non-hydrogen) atoms. The Balaban J connectivity index is 1.56. The van der Waals surface area contributed by atoms with Crippen molar-refractivity contribution >= 4 is 0 Å². The summed E-state index contributed by atoms with van der Waals surface area (Å²) >= 11 is 0. The molecule has 0 aromatic carbocycles. The Morgan fingerprint density at radius 3 is 2.47 bits per heavy atom. The van der Waals surface area contributed by atoms with Gasteiger partial charge >= 0.3 is 0 Å². The lowest BCUT2D eigenvalue weighted by molar-refractivity contribution is 0.104. The van der Waals surface area contributed by atoms with E-state index in [4.69, 9.17) is 0 Å². The van der Waals surface area contributed by atoms with Crippen LogP contribution in [0.4, 0.5) is 0 Å². The first-order valence-corrected chi connectivity index (χ1v) is 6.62. The van der Waals surface area contributed by atoms with Crippen LogP contribution in [-0.4, -0.2) is 36.2 Å². The van der Waals surface area contributed by atoms with E-state index < -0.39 is 0 Å². The Hall–Kier alpha value is -0.0800. The van der Waals surface area contributed by atoms with Crippen molar-refractivity contribution < 1.29 is 5.11 Å². The van der Waals surface area contributed by atoms with E-state index in [0.29, 0.717) is 5.92 Å². The van der Waals surface area contributed by atoms with E-state index in [0.717, 1.165) is 12.5 Å². The van der Waals surface area contributed by atoms with Crippen LogP contribution in [-0.2, 0) is 0 Å². The minimum Gasteiger partial charge on any atom is -0.392 e. The number of aliphatic hydroxyl groups excluding tert-OH is 1. The highest BCUT2D eigenvalue weighted by Crippen LogP contribution is 2.33. The molecule has 0 heterocycles. The van der Waals surface area contributed by atoms with Crippen LogP contribution >= 0.6 is 0 Å². The molecule has 0 spiro atoms. The van der Waals surface area contributed by atoms with Gasteiger partial charge in [-0.2, -0.15) is 0 Å². The highest BCUT2D eigenvalue weighted by atomic mass is 16.3. The van der Waals surface area contributed by atoms with Gasteiger partial charge in [-0.25, -0.2) is 0 Å². The Morgan fingerprint density at radius 1 is 1.20 bits per heavy atom. The number of nitrogens with zero attached hydrogens (tertiary/aromatic N) is 1. The fraction of sp³-hybridized carbons (Fsp3) is 1.00. The predicted octanol–water partition coefficient (Wildman–Crippen LogP) is 2.27. The highest BCUT2D eigenvalue weighted by molar-refractivity contribution is 4.82. The van der Waals surface area contributed by atoms with Crippen molar-refractivity contribution in [3.8, 4) is 0 Å². The summed E-state index contributed by atoms with van der Waals surface area (Å²) in [5, 5.41) is 9.81. The molecule has 2 nitrogen and oxygen atoms in total. The standard InChI is InChI=1S/C13H25NO/c1-14(10-13(15)12-6-7-12)9-8-11-4-2-3-5-11/h11-13,15H,2-10H2,1H3. The summed E-state index contributed by atoms with van der Waals surface area (Å²) in [5.74, 6) is 1.60. The molecule has 2 rings (SSSR count). The molecular formula is C13H25NO. The minimum atomic E-state index is -0.0569. The smallest absolute Gasteiger partial charge is 0.0695 e. The van der Waals surface area contributed by atoms with Crippen molar-refractivity contribution in [3.05, 3.63) is 0 Å². The second-order valence-electron chi connectivity index (χ2n) is 5.61. The highest BCUT2D eigenvalue weighted by Gasteiger charge is 2.30. The van der Waals surface area contributed by atoms with E-state index in [-0.39, 0.29) is 6.10 Å². The maximum atomic E-state index is 9.81. The number of hydrogen-bond donors (Lipinski definition) is 1. The summed E-state index contributed by atoms with van der Waals surface area (Å²) in [6.45, 7) is 2.06. The van der Waals surface area contributed by atoms with Gasteiger partial charge in [0.1, 0.15) is 0 Å². The molecule has 2 aliphatic rings. The van der Waals surface area contributed by atoms with E-state index in [1.165, 1.54) is 51.5 Å². The summed E-state index contributed by atoms with van der Waals surface area (Å²) in [5.41, 5.74) is 0. The van der Waals surface area contributed by atoms with Crippen molar-refractivity contribution in [2.75, 3.05) is 20.1 Å². The van der Waals surface area contributed by atoms with Gasteiger partial charge in [0.2, 0.25) is 0 Å². The fourth-order valence-electron chi connectivity index (χ4n) is 2.74. The third kappa shape index (κ3) is 3.76. The van der Waals surface area contributed by atoms with Crippen LogP contribution < -0.4 is 0 Å². The van der Waals surface area contributed by atoms with Crippen molar-refractivity contribution in [1.82, 2.24) is 4.90 Å². The Bertz CT molecular complexity index is 185. The third-order valence-electron chi connectivity index (χ3n) is 4.06. The molecule has 0 saturated heterocycles. The number of likely N-dealkylation sites (N-methyl/N-ethyl adjacent to an activating group) is 1. The molecule has 0 bridgehead atoms. The maximum absolute atomic E-state index is 9.81. The van der Waals surface area contributed by atoms with E-state index >= 15 is 0 Å². The van der Waals surface area contributed by atoms with Gasteiger partial charge in [-0.3, -0.25) is 0 Å². The fourth-order valence-corrected chi connectivity index (χ4v) is 2.74. The summed E-state index contributed by atoms with van der Waals surface area (Å²) in [6.07, 6.45) is 9.55. The Labute approximate surface area is 93.7 Å². The third-order valence-corrected chi connectivity index (χ3v) is 4.06. The lowest BCUT2D eigenvalue weighted by atomic mass is 10.0. The topological polar surface area (TPSA) is 23.5 Å². The zero-order valence-corrected chi connectivity index (χ0v) is 9.99. The van der Waals surface area contributed by atoms with Crippen molar-refractivity contribution in [2.45, 2.75) is 51.0 Å². The van der Waals surface area contributed by atoms with Crippen LogP contribution in [0.25, 0.3) is 0 Å². The normalized spacial score (nSPS) is 25.0. The molecule has 1 N–H and O–H groups in total. The van der Waals surface area contributed by atoms with Crippen LogP contribution in [0.2, 0.25) is 0 Å².